The summed E-state index contributed by atoms with van der Waals surface area (Å²) in [6.07, 6.45) is -0.576. The van der Waals surface area contributed by atoms with E-state index in [0.717, 1.165) is 4.90 Å². The van der Waals surface area contributed by atoms with E-state index in [2.05, 4.69) is 5.32 Å². The van der Waals surface area contributed by atoms with Crippen LogP contribution in [0.25, 0.3) is 0 Å². The molecule has 6 heteroatoms. The molecule has 2 aliphatic rings. The van der Waals surface area contributed by atoms with Gasteiger partial charge in [0.2, 0.25) is 0 Å². The van der Waals surface area contributed by atoms with Gasteiger partial charge in [0.25, 0.3) is 17.7 Å². The largest absolute Gasteiger partial charge is 0.479 e. The zero-order valence-electron chi connectivity index (χ0n) is 12.2. The van der Waals surface area contributed by atoms with E-state index in [1.165, 1.54) is 0 Å². The standard InChI is InChI=1S/C17H12N2O4/c1-9-15(20)18-13-8-10(6-7-14(13)23-9)19-16(21)11-4-2-3-5-12(11)17(19)22/h2-9H,1H3,(H,18,20). The van der Waals surface area contributed by atoms with Crippen LogP contribution in [0.1, 0.15) is 27.6 Å². The lowest BCUT2D eigenvalue weighted by Gasteiger charge is -2.24. The molecular weight excluding hydrogens is 296 g/mol. The second-order valence-electron chi connectivity index (χ2n) is 5.42. The average Bonchev–Trinajstić information content (AvgIpc) is 2.80. The maximum atomic E-state index is 12.5. The maximum absolute atomic E-state index is 12.5. The highest BCUT2D eigenvalue weighted by Gasteiger charge is 2.37. The van der Waals surface area contributed by atoms with E-state index in [-0.39, 0.29) is 17.7 Å². The van der Waals surface area contributed by atoms with Gasteiger partial charge >= 0.3 is 0 Å². The van der Waals surface area contributed by atoms with E-state index in [9.17, 15) is 14.4 Å². The Bertz CT molecular complexity index is 840. The van der Waals surface area contributed by atoms with Crippen molar-refractivity contribution in [2.75, 3.05) is 10.2 Å². The van der Waals surface area contributed by atoms with Crippen molar-refractivity contribution in [2.45, 2.75) is 13.0 Å². The molecule has 0 saturated heterocycles. The van der Waals surface area contributed by atoms with Gasteiger partial charge in [0.1, 0.15) is 5.75 Å². The summed E-state index contributed by atoms with van der Waals surface area (Å²) in [5.74, 6) is -0.501. The van der Waals surface area contributed by atoms with E-state index in [4.69, 9.17) is 4.74 Å². The molecule has 0 aliphatic carbocycles. The molecule has 0 spiro atoms. The Balaban J connectivity index is 1.76. The first kappa shape index (κ1) is 13.5. The Labute approximate surface area is 131 Å². The van der Waals surface area contributed by atoms with Crippen LogP contribution in [0.15, 0.2) is 42.5 Å². The van der Waals surface area contributed by atoms with Gasteiger partial charge in [0.15, 0.2) is 6.10 Å². The van der Waals surface area contributed by atoms with Crippen LogP contribution in [0.2, 0.25) is 0 Å². The molecule has 2 aromatic rings. The first-order chi connectivity index (χ1) is 11.1. The number of nitrogens with zero attached hydrogens (tertiary/aromatic N) is 1. The van der Waals surface area contributed by atoms with Crippen molar-refractivity contribution in [1.82, 2.24) is 0 Å². The summed E-state index contributed by atoms with van der Waals surface area (Å²) >= 11 is 0. The highest BCUT2D eigenvalue weighted by molar-refractivity contribution is 6.34. The number of ether oxygens (including phenoxy) is 1. The van der Waals surface area contributed by atoms with Crippen LogP contribution >= 0.6 is 0 Å². The molecule has 0 aromatic heterocycles. The quantitative estimate of drug-likeness (QED) is 0.820. The molecule has 114 valence electrons. The lowest BCUT2D eigenvalue weighted by atomic mass is 10.1. The highest BCUT2D eigenvalue weighted by Crippen LogP contribution is 2.36. The van der Waals surface area contributed by atoms with Crippen LogP contribution in [0.3, 0.4) is 0 Å². The Morgan fingerprint density at radius 2 is 1.65 bits per heavy atom. The van der Waals surface area contributed by atoms with Gasteiger partial charge in [-0.2, -0.15) is 0 Å². The highest BCUT2D eigenvalue weighted by atomic mass is 16.5. The van der Waals surface area contributed by atoms with Crippen molar-refractivity contribution in [3.8, 4) is 5.75 Å². The Morgan fingerprint density at radius 1 is 1.00 bits per heavy atom. The molecule has 0 bridgehead atoms. The van der Waals surface area contributed by atoms with E-state index in [0.29, 0.717) is 28.3 Å². The molecule has 6 nitrogen and oxygen atoms in total. The average molecular weight is 308 g/mol. The van der Waals surface area contributed by atoms with Gasteiger partial charge in [-0.05, 0) is 37.3 Å². The minimum Gasteiger partial charge on any atom is -0.479 e. The van der Waals surface area contributed by atoms with Crippen LogP contribution in [-0.4, -0.2) is 23.8 Å². The van der Waals surface area contributed by atoms with E-state index in [1.54, 1.807) is 49.4 Å². The van der Waals surface area contributed by atoms with Gasteiger partial charge < -0.3 is 10.1 Å². The Morgan fingerprint density at radius 3 is 2.30 bits per heavy atom. The number of carbonyl (C=O) groups is 3. The van der Waals surface area contributed by atoms with Crippen molar-refractivity contribution in [3.05, 3.63) is 53.6 Å². The summed E-state index contributed by atoms with van der Waals surface area (Å²) < 4.78 is 5.48. The molecule has 4 rings (SSSR count). The van der Waals surface area contributed by atoms with Crippen molar-refractivity contribution >= 4 is 29.1 Å². The zero-order valence-corrected chi connectivity index (χ0v) is 12.2. The minimum absolute atomic E-state index is 0.267. The molecule has 2 aliphatic heterocycles. The summed E-state index contributed by atoms with van der Waals surface area (Å²) in [6, 6.07) is 11.5. The van der Waals surface area contributed by atoms with Crippen molar-refractivity contribution in [1.29, 1.82) is 0 Å². The van der Waals surface area contributed by atoms with Gasteiger partial charge in [0.05, 0.1) is 22.5 Å². The van der Waals surface area contributed by atoms with E-state index < -0.39 is 6.10 Å². The Kier molecular flexibility index (Phi) is 2.74. The third kappa shape index (κ3) is 1.92. The fourth-order valence-electron chi connectivity index (χ4n) is 2.76. The number of carbonyl (C=O) groups excluding carboxylic acids is 3. The molecule has 2 heterocycles. The number of rotatable bonds is 1. The van der Waals surface area contributed by atoms with Crippen molar-refractivity contribution < 1.29 is 19.1 Å². The smallest absolute Gasteiger partial charge is 0.266 e. The van der Waals surface area contributed by atoms with E-state index >= 15 is 0 Å². The minimum atomic E-state index is -0.576. The number of imide groups is 1. The predicted molar refractivity (Wildman–Crippen MR) is 82.7 cm³/mol. The molecule has 1 atom stereocenters. The monoisotopic (exact) mass is 308 g/mol. The summed E-state index contributed by atoms with van der Waals surface area (Å²) in [6.45, 7) is 1.65. The molecule has 2 aromatic carbocycles. The number of hydrogen-bond donors (Lipinski definition) is 1. The first-order valence-corrected chi connectivity index (χ1v) is 7.15. The SMILES string of the molecule is CC1Oc2ccc(N3C(=O)c4ccccc4C3=O)cc2NC1=O. The second-order valence-corrected chi connectivity index (χ2v) is 5.42. The molecule has 0 radical (unpaired) electrons. The molecule has 1 unspecified atom stereocenters. The summed E-state index contributed by atoms with van der Waals surface area (Å²) in [7, 11) is 0. The number of amides is 3. The molecular formula is C17H12N2O4. The van der Waals surface area contributed by atoms with Crippen LogP contribution in [-0.2, 0) is 4.79 Å². The van der Waals surface area contributed by atoms with Crippen LogP contribution < -0.4 is 15.0 Å². The van der Waals surface area contributed by atoms with Gasteiger partial charge in [0, 0.05) is 0 Å². The maximum Gasteiger partial charge on any atom is 0.266 e. The van der Waals surface area contributed by atoms with E-state index in [1.807, 2.05) is 0 Å². The van der Waals surface area contributed by atoms with Crippen LogP contribution in [0, 0.1) is 0 Å². The summed E-state index contributed by atoms with van der Waals surface area (Å²) in [4.78, 5) is 37.8. The number of benzene rings is 2. The molecule has 23 heavy (non-hydrogen) atoms. The van der Waals surface area contributed by atoms with Crippen LogP contribution in [0.4, 0.5) is 11.4 Å². The van der Waals surface area contributed by atoms with Gasteiger partial charge in [-0.25, -0.2) is 4.90 Å². The number of hydrogen-bond acceptors (Lipinski definition) is 4. The zero-order chi connectivity index (χ0) is 16.1. The Hall–Kier alpha value is -3.15. The number of fused-ring (bicyclic) bond motifs is 2. The number of anilines is 2. The van der Waals surface area contributed by atoms with Crippen molar-refractivity contribution in [2.24, 2.45) is 0 Å². The topological polar surface area (TPSA) is 75.7 Å². The van der Waals surface area contributed by atoms with Crippen molar-refractivity contribution in [3.63, 3.8) is 0 Å². The fourth-order valence-corrected chi connectivity index (χ4v) is 2.76. The lowest BCUT2D eigenvalue weighted by Crippen LogP contribution is -2.35. The van der Waals surface area contributed by atoms with Gasteiger partial charge in [-0.15, -0.1) is 0 Å². The lowest BCUT2D eigenvalue weighted by molar-refractivity contribution is -0.122. The van der Waals surface area contributed by atoms with Crippen LogP contribution in [0.5, 0.6) is 5.75 Å². The summed E-state index contributed by atoms with van der Waals surface area (Å²) in [5.41, 5.74) is 1.60. The molecule has 0 saturated carbocycles. The summed E-state index contributed by atoms with van der Waals surface area (Å²) in [5, 5.41) is 2.71. The predicted octanol–water partition coefficient (Wildman–Crippen LogP) is 2.21. The normalized spacial score (nSPS) is 19.1. The van der Waals surface area contributed by atoms with Gasteiger partial charge in [-0.1, -0.05) is 12.1 Å². The second kappa shape index (κ2) is 4.67. The third-order valence-electron chi connectivity index (χ3n) is 3.95. The number of nitrogens with one attached hydrogen (secondary N) is 1. The molecule has 0 fully saturated rings. The molecule has 1 N–H and O–H groups in total. The van der Waals surface area contributed by atoms with Gasteiger partial charge in [-0.3, -0.25) is 14.4 Å². The third-order valence-corrected chi connectivity index (χ3v) is 3.95. The molecule has 3 amide bonds. The first-order valence-electron chi connectivity index (χ1n) is 7.15. The fraction of sp³-hybridized carbons (Fsp3) is 0.118.